The van der Waals surface area contributed by atoms with Gasteiger partial charge in [0, 0.05) is 0 Å². The van der Waals surface area contributed by atoms with E-state index >= 15 is 0 Å². The van der Waals surface area contributed by atoms with E-state index in [1.54, 1.807) is 0 Å². The van der Waals surface area contributed by atoms with E-state index in [1.807, 2.05) is 6.07 Å². The third-order valence-electron chi connectivity index (χ3n) is 5.56. The van der Waals surface area contributed by atoms with Gasteiger partial charge in [-0.15, -0.1) is 0 Å². The Balaban J connectivity index is 1.90. The largest absolute Gasteiger partial charge is 0.295 e. The Morgan fingerprint density at radius 3 is 2.79 bits per heavy atom. The van der Waals surface area contributed by atoms with Crippen LogP contribution >= 0.6 is 0 Å². The van der Waals surface area contributed by atoms with E-state index in [4.69, 9.17) is 4.99 Å². The van der Waals surface area contributed by atoms with E-state index in [9.17, 15) is 5.26 Å². The highest BCUT2D eigenvalue weighted by Gasteiger charge is 2.20. The van der Waals surface area contributed by atoms with Crippen molar-refractivity contribution in [2.45, 2.75) is 52.5 Å². The summed E-state index contributed by atoms with van der Waals surface area (Å²) >= 11 is 0. The number of aliphatic imine (C=N–C) groups is 2. The SMILES string of the molecule is C=NCC(=NCc1cccc2c1CCC2C)c1ccc(CC(C)C)c(C#N)c1. The average molecular weight is 372 g/mol. The van der Waals surface area contributed by atoms with E-state index in [0.717, 1.165) is 35.2 Å². The topological polar surface area (TPSA) is 48.5 Å². The molecule has 1 aliphatic carbocycles. The van der Waals surface area contributed by atoms with Crippen molar-refractivity contribution in [1.29, 1.82) is 5.26 Å². The molecule has 0 bridgehead atoms. The predicted molar refractivity (Wildman–Crippen MR) is 118 cm³/mol. The van der Waals surface area contributed by atoms with Gasteiger partial charge in [0.15, 0.2) is 0 Å². The Morgan fingerprint density at radius 1 is 1.25 bits per heavy atom. The fraction of sp³-hybridized carbons (Fsp3) is 0.400. The van der Waals surface area contributed by atoms with Crippen LogP contribution in [0.5, 0.6) is 0 Å². The van der Waals surface area contributed by atoms with Crippen molar-refractivity contribution < 1.29 is 0 Å². The number of hydrogen-bond acceptors (Lipinski definition) is 3. The van der Waals surface area contributed by atoms with Crippen molar-refractivity contribution in [2.24, 2.45) is 15.9 Å². The molecule has 0 aliphatic heterocycles. The van der Waals surface area contributed by atoms with Gasteiger partial charge in [0.25, 0.3) is 0 Å². The van der Waals surface area contributed by atoms with E-state index in [0.29, 0.717) is 24.9 Å². The molecule has 1 unspecified atom stereocenters. The molecule has 3 rings (SSSR count). The molecule has 0 saturated heterocycles. The van der Waals surface area contributed by atoms with E-state index in [-0.39, 0.29) is 0 Å². The number of fused-ring (bicyclic) bond motifs is 1. The van der Waals surface area contributed by atoms with Crippen LogP contribution in [-0.2, 0) is 19.4 Å². The van der Waals surface area contributed by atoms with Crippen LogP contribution in [0.25, 0.3) is 0 Å². The second kappa shape index (κ2) is 8.97. The lowest BCUT2D eigenvalue weighted by Gasteiger charge is -2.12. The summed E-state index contributed by atoms with van der Waals surface area (Å²) in [6.07, 6.45) is 3.27. The summed E-state index contributed by atoms with van der Waals surface area (Å²) < 4.78 is 0. The lowest BCUT2D eigenvalue weighted by atomic mass is 9.95. The second-order valence-corrected chi connectivity index (χ2v) is 8.15. The number of benzene rings is 2. The van der Waals surface area contributed by atoms with E-state index in [2.05, 4.69) is 68.9 Å². The van der Waals surface area contributed by atoms with Crippen LogP contribution in [0.1, 0.15) is 66.5 Å². The van der Waals surface area contributed by atoms with Crippen molar-refractivity contribution >= 4 is 12.4 Å². The summed E-state index contributed by atoms with van der Waals surface area (Å²) in [5, 5.41) is 9.58. The smallest absolute Gasteiger partial charge is 0.0994 e. The van der Waals surface area contributed by atoms with E-state index in [1.165, 1.54) is 23.1 Å². The zero-order valence-electron chi connectivity index (χ0n) is 17.2. The van der Waals surface area contributed by atoms with Crippen LogP contribution in [0, 0.1) is 17.2 Å². The molecule has 0 saturated carbocycles. The van der Waals surface area contributed by atoms with Crippen LogP contribution in [0.15, 0.2) is 46.4 Å². The predicted octanol–water partition coefficient (Wildman–Crippen LogP) is 5.50. The molecule has 0 heterocycles. The highest BCUT2D eigenvalue weighted by Crippen LogP contribution is 2.34. The first-order chi connectivity index (χ1) is 13.5. The molecule has 1 atom stereocenters. The van der Waals surface area contributed by atoms with Gasteiger partial charge in [0.2, 0.25) is 0 Å². The molecule has 0 aromatic heterocycles. The molecule has 144 valence electrons. The van der Waals surface area contributed by atoms with Crippen LogP contribution in [0.4, 0.5) is 0 Å². The summed E-state index contributed by atoms with van der Waals surface area (Å²) in [4.78, 5) is 8.97. The first-order valence-electron chi connectivity index (χ1n) is 10.1. The zero-order chi connectivity index (χ0) is 20.1. The summed E-state index contributed by atoms with van der Waals surface area (Å²) in [6.45, 7) is 11.4. The van der Waals surface area contributed by atoms with Crippen molar-refractivity contribution in [3.8, 4) is 6.07 Å². The number of rotatable bonds is 7. The van der Waals surface area contributed by atoms with Gasteiger partial charge >= 0.3 is 0 Å². The molecule has 0 spiro atoms. The number of nitrogens with zero attached hydrogens (tertiary/aromatic N) is 3. The van der Waals surface area contributed by atoms with Crippen molar-refractivity contribution in [2.75, 3.05) is 6.54 Å². The molecule has 1 aliphatic rings. The summed E-state index contributed by atoms with van der Waals surface area (Å²) in [5.41, 5.74) is 7.94. The molecule has 0 fully saturated rings. The molecule has 3 nitrogen and oxygen atoms in total. The van der Waals surface area contributed by atoms with Crippen LogP contribution < -0.4 is 0 Å². The Bertz CT molecular complexity index is 931. The first-order valence-corrected chi connectivity index (χ1v) is 10.1. The quantitative estimate of drug-likeness (QED) is 0.593. The first kappa shape index (κ1) is 20.0. The van der Waals surface area contributed by atoms with Crippen molar-refractivity contribution in [3.63, 3.8) is 0 Å². The van der Waals surface area contributed by atoms with Gasteiger partial charge in [0.05, 0.1) is 30.4 Å². The molecule has 2 aromatic rings. The Morgan fingerprint density at radius 2 is 2.07 bits per heavy atom. The van der Waals surface area contributed by atoms with Gasteiger partial charge in [-0.2, -0.15) is 5.26 Å². The molecule has 0 N–H and O–H groups in total. The van der Waals surface area contributed by atoms with Crippen molar-refractivity contribution in [1.82, 2.24) is 0 Å². The van der Waals surface area contributed by atoms with Crippen LogP contribution in [-0.4, -0.2) is 19.0 Å². The Labute approximate surface area is 168 Å². The average Bonchev–Trinajstić information content (AvgIpc) is 3.07. The minimum Gasteiger partial charge on any atom is -0.295 e. The minimum absolute atomic E-state index is 0.458. The molecular weight excluding hydrogens is 342 g/mol. The maximum Gasteiger partial charge on any atom is 0.0994 e. The molecule has 3 heteroatoms. The van der Waals surface area contributed by atoms with Crippen molar-refractivity contribution in [3.05, 3.63) is 69.8 Å². The highest BCUT2D eigenvalue weighted by molar-refractivity contribution is 6.02. The molecule has 0 amide bonds. The lowest BCUT2D eigenvalue weighted by molar-refractivity contribution is 0.646. The molecule has 2 aromatic carbocycles. The maximum atomic E-state index is 9.58. The van der Waals surface area contributed by atoms with Gasteiger partial charge < -0.3 is 0 Å². The van der Waals surface area contributed by atoms with E-state index < -0.39 is 0 Å². The molecule has 28 heavy (non-hydrogen) atoms. The number of hydrogen-bond donors (Lipinski definition) is 0. The normalized spacial score (nSPS) is 16.1. The van der Waals surface area contributed by atoms with Gasteiger partial charge in [-0.1, -0.05) is 51.1 Å². The standard InChI is InChI=1S/C25H29N3/c1-17(2)12-19-9-10-20(13-22(19)14-26)25(16-27-4)28-15-21-6-5-7-23-18(3)8-11-24(21)23/h5-7,9-10,13,17-18H,4,8,11-12,15-16H2,1-3H3. The highest BCUT2D eigenvalue weighted by atomic mass is 14.8. The van der Waals surface area contributed by atoms with Crippen LogP contribution in [0.2, 0.25) is 0 Å². The second-order valence-electron chi connectivity index (χ2n) is 8.15. The Hall–Kier alpha value is -2.73. The summed E-state index contributed by atoms with van der Waals surface area (Å²) in [6, 6.07) is 15.0. The Kier molecular flexibility index (Phi) is 6.41. The molecular formula is C25H29N3. The number of nitriles is 1. The molecule has 0 radical (unpaired) electrons. The summed E-state index contributed by atoms with van der Waals surface area (Å²) in [5.74, 6) is 1.16. The zero-order valence-corrected chi connectivity index (χ0v) is 17.2. The van der Waals surface area contributed by atoms with Gasteiger partial charge in [-0.3, -0.25) is 9.98 Å². The lowest BCUT2D eigenvalue weighted by Crippen LogP contribution is -2.08. The fourth-order valence-corrected chi connectivity index (χ4v) is 4.08. The third-order valence-corrected chi connectivity index (χ3v) is 5.56. The van der Waals surface area contributed by atoms with Gasteiger partial charge in [-0.05, 0) is 71.7 Å². The monoisotopic (exact) mass is 371 g/mol. The third kappa shape index (κ3) is 4.39. The van der Waals surface area contributed by atoms with Gasteiger partial charge in [-0.25, -0.2) is 0 Å². The minimum atomic E-state index is 0.458. The fourth-order valence-electron chi connectivity index (χ4n) is 4.08. The summed E-state index contributed by atoms with van der Waals surface area (Å²) in [7, 11) is 0. The van der Waals surface area contributed by atoms with Crippen LogP contribution in [0.3, 0.4) is 0 Å². The maximum absolute atomic E-state index is 9.58. The van der Waals surface area contributed by atoms with Gasteiger partial charge in [0.1, 0.15) is 0 Å².